The molecule has 0 aromatic heterocycles. The van der Waals surface area contributed by atoms with Crippen LogP contribution in [0.5, 0.6) is 5.75 Å². The van der Waals surface area contributed by atoms with E-state index < -0.39 is 0 Å². The van der Waals surface area contributed by atoms with E-state index in [1.165, 1.54) is 5.56 Å². The highest BCUT2D eigenvalue weighted by atomic mass is 35.5. The zero-order valence-corrected chi connectivity index (χ0v) is 11.3. The Morgan fingerprint density at radius 3 is 2.56 bits per heavy atom. The first-order valence-corrected chi connectivity index (χ1v) is 6.24. The van der Waals surface area contributed by atoms with Crippen molar-refractivity contribution < 1.29 is 4.74 Å². The highest BCUT2D eigenvalue weighted by Gasteiger charge is 2.27. The van der Waals surface area contributed by atoms with E-state index in [1.807, 2.05) is 12.1 Å². The maximum Gasteiger partial charge on any atom is 0.119 e. The second-order valence-corrected chi connectivity index (χ2v) is 5.24. The number of hydrogen-bond acceptors (Lipinski definition) is 1. The van der Waals surface area contributed by atoms with Gasteiger partial charge in [-0.1, -0.05) is 32.9 Å². The lowest BCUT2D eigenvalue weighted by atomic mass is 9.76. The minimum Gasteiger partial charge on any atom is -0.497 e. The summed E-state index contributed by atoms with van der Waals surface area (Å²) >= 11 is 6.10. The SMILES string of the molecule is COc1cccc(CC(C)(CCl)C(C)C)c1. The van der Waals surface area contributed by atoms with E-state index in [0.717, 1.165) is 12.2 Å². The average molecular weight is 241 g/mol. The molecule has 0 bridgehead atoms. The number of alkyl halides is 1. The minimum atomic E-state index is 0.147. The molecule has 0 saturated carbocycles. The molecular weight excluding hydrogens is 220 g/mol. The topological polar surface area (TPSA) is 9.23 Å². The van der Waals surface area contributed by atoms with Crippen molar-refractivity contribution in [1.29, 1.82) is 0 Å². The van der Waals surface area contributed by atoms with Gasteiger partial charge in [-0.05, 0) is 35.4 Å². The van der Waals surface area contributed by atoms with E-state index in [1.54, 1.807) is 7.11 Å². The second-order valence-electron chi connectivity index (χ2n) is 4.97. The molecular formula is C14H21ClO. The van der Waals surface area contributed by atoms with Gasteiger partial charge >= 0.3 is 0 Å². The van der Waals surface area contributed by atoms with Crippen molar-refractivity contribution in [3.8, 4) is 5.75 Å². The molecule has 0 spiro atoms. The summed E-state index contributed by atoms with van der Waals surface area (Å²) in [7, 11) is 1.70. The lowest BCUT2D eigenvalue weighted by Crippen LogP contribution is -2.28. The molecule has 0 radical (unpaired) electrons. The summed E-state index contributed by atoms with van der Waals surface area (Å²) in [5.74, 6) is 2.16. The number of hydrogen-bond donors (Lipinski definition) is 0. The predicted octanol–water partition coefficient (Wildman–Crippen LogP) is 4.14. The predicted molar refractivity (Wildman–Crippen MR) is 70.4 cm³/mol. The Kier molecular flexibility index (Phi) is 4.67. The van der Waals surface area contributed by atoms with Crippen molar-refractivity contribution in [2.24, 2.45) is 11.3 Å². The van der Waals surface area contributed by atoms with Crippen LogP contribution >= 0.6 is 11.6 Å². The van der Waals surface area contributed by atoms with Gasteiger partial charge in [-0.2, -0.15) is 0 Å². The van der Waals surface area contributed by atoms with E-state index >= 15 is 0 Å². The van der Waals surface area contributed by atoms with Crippen LogP contribution < -0.4 is 4.74 Å². The molecule has 0 fully saturated rings. The number of methoxy groups -OCH3 is 1. The van der Waals surface area contributed by atoms with Crippen LogP contribution in [0.25, 0.3) is 0 Å². The van der Waals surface area contributed by atoms with E-state index in [-0.39, 0.29) is 5.41 Å². The molecule has 1 aromatic rings. The molecule has 0 heterocycles. The monoisotopic (exact) mass is 240 g/mol. The molecule has 1 unspecified atom stereocenters. The Labute approximate surface area is 104 Å². The minimum absolute atomic E-state index is 0.147. The van der Waals surface area contributed by atoms with Gasteiger partial charge in [0.15, 0.2) is 0 Å². The Hall–Kier alpha value is -0.690. The van der Waals surface area contributed by atoms with Crippen LogP contribution in [0.1, 0.15) is 26.3 Å². The molecule has 0 aliphatic heterocycles. The van der Waals surface area contributed by atoms with Crippen molar-refractivity contribution >= 4 is 11.6 Å². The van der Waals surface area contributed by atoms with Crippen molar-refractivity contribution in [1.82, 2.24) is 0 Å². The van der Waals surface area contributed by atoms with E-state index in [2.05, 4.69) is 32.9 Å². The maximum absolute atomic E-state index is 6.10. The van der Waals surface area contributed by atoms with Gasteiger partial charge in [0.05, 0.1) is 7.11 Å². The number of halogens is 1. The molecule has 1 atom stereocenters. The third-order valence-corrected chi connectivity index (χ3v) is 4.05. The summed E-state index contributed by atoms with van der Waals surface area (Å²) in [6.07, 6.45) is 0.991. The van der Waals surface area contributed by atoms with Gasteiger partial charge in [-0.25, -0.2) is 0 Å². The normalized spacial score (nSPS) is 14.9. The highest BCUT2D eigenvalue weighted by molar-refractivity contribution is 6.18. The van der Waals surface area contributed by atoms with Crippen LogP contribution in [0.15, 0.2) is 24.3 Å². The van der Waals surface area contributed by atoms with Crippen molar-refractivity contribution in [3.05, 3.63) is 29.8 Å². The van der Waals surface area contributed by atoms with Crippen LogP contribution in [-0.4, -0.2) is 13.0 Å². The quantitative estimate of drug-likeness (QED) is 0.703. The molecule has 0 aliphatic rings. The summed E-state index contributed by atoms with van der Waals surface area (Å²) in [6, 6.07) is 8.23. The third-order valence-electron chi connectivity index (χ3n) is 3.44. The van der Waals surface area contributed by atoms with Gasteiger partial charge in [0.1, 0.15) is 5.75 Å². The molecule has 1 nitrogen and oxygen atoms in total. The smallest absolute Gasteiger partial charge is 0.119 e. The molecule has 0 N–H and O–H groups in total. The lowest BCUT2D eigenvalue weighted by Gasteiger charge is -2.31. The fourth-order valence-electron chi connectivity index (χ4n) is 1.65. The Bertz CT molecular complexity index is 335. The van der Waals surface area contributed by atoms with Crippen LogP contribution in [0.2, 0.25) is 0 Å². The van der Waals surface area contributed by atoms with E-state index in [0.29, 0.717) is 11.8 Å². The second kappa shape index (κ2) is 5.58. The molecule has 0 saturated heterocycles. The Balaban J connectivity index is 2.85. The molecule has 0 aliphatic carbocycles. The molecule has 0 amide bonds. The third kappa shape index (κ3) is 3.15. The number of rotatable bonds is 5. The van der Waals surface area contributed by atoms with Crippen molar-refractivity contribution in [3.63, 3.8) is 0 Å². The van der Waals surface area contributed by atoms with Gasteiger partial charge in [0.25, 0.3) is 0 Å². The van der Waals surface area contributed by atoms with E-state index in [4.69, 9.17) is 16.3 Å². The number of benzene rings is 1. The molecule has 16 heavy (non-hydrogen) atoms. The fourth-order valence-corrected chi connectivity index (χ4v) is 2.06. The summed E-state index contributed by atoms with van der Waals surface area (Å²) in [5, 5.41) is 0. The van der Waals surface area contributed by atoms with Crippen LogP contribution in [-0.2, 0) is 6.42 Å². The van der Waals surface area contributed by atoms with Crippen molar-refractivity contribution in [2.75, 3.05) is 13.0 Å². The maximum atomic E-state index is 6.10. The van der Waals surface area contributed by atoms with Gasteiger partial charge in [0, 0.05) is 5.88 Å². The summed E-state index contributed by atoms with van der Waals surface area (Å²) in [6.45, 7) is 6.69. The zero-order chi connectivity index (χ0) is 12.2. The van der Waals surface area contributed by atoms with E-state index in [9.17, 15) is 0 Å². The molecule has 1 rings (SSSR count). The van der Waals surface area contributed by atoms with Gasteiger partial charge < -0.3 is 4.74 Å². The fraction of sp³-hybridized carbons (Fsp3) is 0.571. The first-order chi connectivity index (χ1) is 7.51. The van der Waals surface area contributed by atoms with Crippen LogP contribution in [0.4, 0.5) is 0 Å². The number of ether oxygens (including phenoxy) is 1. The first-order valence-electron chi connectivity index (χ1n) is 5.71. The summed E-state index contributed by atoms with van der Waals surface area (Å²) in [5.41, 5.74) is 1.43. The standard InChI is InChI=1S/C14H21ClO/c1-11(2)14(3,10-15)9-12-6-5-7-13(8-12)16-4/h5-8,11H,9-10H2,1-4H3. The molecule has 1 aromatic carbocycles. The Morgan fingerprint density at radius 1 is 1.38 bits per heavy atom. The summed E-state index contributed by atoms with van der Waals surface area (Å²) in [4.78, 5) is 0. The average Bonchev–Trinajstić information content (AvgIpc) is 2.29. The van der Waals surface area contributed by atoms with Crippen LogP contribution in [0.3, 0.4) is 0 Å². The van der Waals surface area contributed by atoms with Gasteiger partial charge in [-0.3, -0.25) is 0 Å². The molecule has 2 heteroatoms. The molecule has 90 valence electrons. The van der Waals surface area contributed by atoms with Crippen LogP contribution in [0, 0.1) is 11.3 Å². The first kappa shape index (κ1) is 13.4. The van der Waals surface area contributed by atoms with Crippen molar-refractivity contribution in [2.45, 2.75) is 27.2 Å². The zero-order valence-electron chi connectivity index (χ0n) is 10.6. The largest absolute Gasteiger partial charge is 0.497 e. The lowest BCUT2D eigenvalue weighted by molar-refractivity contribution is 0.253. The summed E-state index contributed by atoms with van der Waals surface area (Å²) < 4.78 is 5.23. The Morgan fingerprint density at radius 2 is 2.06 bits per heavy atom. The highest BCUT2D eigenvalue weighted by Crippen LogP contribution is 2.33. The van der Waals surface area contributed by atoms with Gasteiger partial charge in [-0.15, -0.1) is 11.6 Å². The van der Waals surface area contributed by atoms with Gasteiger partial charge in [0.2, 0.25) is 0 Å².